The fourth-order valence-electron chi connectivity index (χ4n) is 10.1. The first-order chi connectivity index (χ1) is 30.3. The van der Waals surface area contributed by atoms with Crippen molar-refractivity contribution < 1.29 is 4.42 Å². The van der Waals surface area contributed by atoms with E-state index in [1.807, 2.05) is 0 Å². The number of benzene rings is 10. The van der Waals surface area contributed by atoms with Crippen LogP contribution in [-0.2, 0) is 5.41 Å². The minimum Gasteiger partial charge on any atom is -0.456 e. The largest absolute Gasteiger partial charge is 0.456 e. The number of rotatable bonds is 7. The van der Waals surface area contributed by atoms with Gasteiger partial charge in [-0.05, 0) is 97.7 Å². The molecule has 0 unspecified atom stereocenters. The fraction of sp³-hybridized carbons (Fsp3) is 0.0169. The molecule has 0 radical (unpaired) electrons. The monoisotopic (exact) mass is 777 g/mol. The number of para-hydroxylation sites is 2. The van der Waals surface area contributed by atoms with Crippen LogP contribution < -0.4 is 4.90 Å². The van der Waals surface area contributed by atoms with Gasteiger partial charge in [-0.15, -0.1) is 0 Å². The van der Waals surface area contributed by atoms with E-state index >= 15 is 0 Å². The molecule has 12 rings (SSSR count). The van der Waals surface area contributed by atoms with E-state index in [4.69, 9.17) is 4.42 Å². The molecule has 2 heteroatoms. The topological polar surface area (TPSA) is 16.4 Å². The van der Waals surface area contributed by atoms with Crippen LogP contribution in [-0.4, -0.2) is 0 Å². The first-order valence-electron chi connectivity index (χ1n) is 21.0. The van der Waals surface area contributed by atoms with E-state index in [0.717, 1.165) is 61.3 Å². The summed E-state index contributed by atoms with van der Waals surface area (Å²) < 4.78 is 6.64. The van der Waals surface area contributed by atoms with Crippen molar-refractivity contribution in [1.29, 1.82) is 0 Å². The predicted molar refractivity (Wildman–Crippen MR) is 254 cm³/mol. The first-order valence-corrected chi connectivity index (χ1v) is 21.0. The van der Waals surface area contributed by atoms with Crippen LogP contribution in [0.5, 0.6) is 0 Å². The lowest BCUT2D eigenvalue weighted by Crippen LogP contribution is -2.28. The zero-order valence-corrected chi connectivity index (χ0v) is 33.4. The molecule has 286 valence electrons. The van der Waals surface area contributed by atoms with Crippen LogP contribution in [0.25, 0.3) is 66.1 Å². The minimum absolute atomic E-state index is 0.543. The summed E-state index contributed by atoms with van der Waals surface area (Å²) >= 11 is 0. The predicted octanol–water partition coefficient (Wildman–Crippen LogP) is 15.9. The SMILES string of the molecule is c1ccc(-c2ccccc2N(c2ccc3c(c2)C(c2ccccc2)(c2ccccc2)c2ccccc2-3)c2ccccc2-c2cccc3oc4cc5ccccc5cc4c23)cc1. The van der Waals surface area contributed by atoms with E-state index < -0.39 is 5.41 Å². The van der Waals surface area contributed by atoms with Crippen LogP contribution in [0.4, 0.5) is 17.1 Å². The normalized spacial score (nSPS) is 12.7. The molecule has 2 nitrogen and oxygen atoms in total. The van der Waals surface area contributed by atoms with Gasteiger partial charge in [0.2, 0.25) is 0 Å². The van der Waals surface area contributed by atoms with E-state index in [2.05, 4.69) is 241 Å². The molecule has 10 aromatic carbocycles. The molecule has 0 atom stereocenters. The Labute approximate surface area is 355 Å². The maximum absolute atomic E-state index is 6.64. The van der Waals surface area contributed by atoms with Crippen LogP contribution in [0.2, 0.25) is 0 Å². The number of fused-ring (bicyclic) bond motifs is 7. The molecule has 0 saturated heterocycles. The average Bonchev–Trinajstić information content (AvgIpc) is 3.85. The Bertz CT molecular complexity index is 3380. The summed E-state index contributed by atoms with van der Waals surface area (Å²) in [7, 11) is 0. The van der Waals surface area contributed by atoms with E-state index in [1.54, 1.807) is 0 Å². The maximum Gasteiger partial charge on any atom is 0.136 e. The minimum atomic E-state index is -0.543. The molecule has 1 aromatic heterocycles. The summed E-state index contributed by atoms with van der Waals surface area (Å²) in [5.41, 5.74) is 16.6. The maximum atomic E-state index is 6.64. The van der Waals surface area contributed by atoms with Crippen LogP contribution in [0.1, 0.15) is 22.3 Å². The zero-order chi connectivity index (χ0) is 40.3. The van der Waals surface area contributed by atoms with E-state index in [1.165, 1.54) is 44.2 Å². The van der Waals surface area contributed by atoms with Crippen molar-refractivity contribution in [3.63, 3.8) is 0 Å². The lowest BCUT2D eigenvalue weighted by molar-refractivity contribution is 0.669. The third kappa shape index (κ3) is 5.43. The molecule has 11 aromatic rings. The van der Waals surface area contributed by atoms with Crippen LogP contribution in [0, 0.1) is 0 Å². The van der Waals surface area contributed by atoms with Crippen molar-refractivity contribution in [3.8, 4) is 33.4 Å². The number of furan rings is 1. The lowest BCUT2D eigenvalue weighted by atomic mass is 9.67. The molecule has 1 aliphatic carbocycles. The highest BCUT2D eigenvalue weighted by atomic mass is 16.3. The van der Waals surface area contributed by atoms with Gasteiger partial charge in [-0.1, -0.05) is 194 Å². The van der Waals surface area contributed by atoms with Gasteiger partial charge in [-0.25, -0.2) is 0 Å². The van der Waals surface area contributed by atoms with Gasteiger partial charge in [0.1, 0.15) is 11.2 Å². The Morgan fingerprint density at radius 2 is 0.885 bits per heavy atom. The molecule has 0 saturated carbocycles. The quantitative estimate of drug-likeness (QED) is 0.160. The van der Waals surface area contributed by atoms with Gasteiger partial charge in [0.05, 0.1) is 16.8 Å². The summed E-state index contributed by atoms with van der Waals surface area (Å²) in [6.45, 7) is 0. The van der Waals surface area contributed by atoms with Crippen LogP contribution in [0.3, 0.4) is 0 Å². The molecule has 0 spiro atoms. The third-order valence-electron chi connectivity index (χ3n) is 12.7. The van der Waals surface area contributed by atoms with Gasteiger partial charge in [0.15, 0.2) is 0 Å². The van der Waals surface area contributed by atoms with Crippen molar-refractivity contribution in [3.05, 3.63) is 259 Å². The second kappa shape index (κ2) is 14.1. The van der Waals surface area contributed by atoms with Crippen molar-refractivity contribution in [2.24, 2.45) is 0 Å². The number of anilines is 3. The van der Waals surface area contributed by atoms with Crippen LogP contribution in [0.15, 0.2) is 241 Å². The van der Waals surface area contributed by atoms with Gasteiger partial charge in [-0.2, -0.15) is 0 Å². The zero-order valence-electron chi connectivity index (χ0n) is 33.4. The summed E-state index contributed by atoms with van der Waals surface area (Å²) in [4.78, 5) is 2.48. The highest BCUT2D eigenvalue weighted by Crippen LogP contribution is 2.58. The van der Waals surface area contributed by atoms with E-state index in [9.17, 15) is 0 Å². The van der Waals surface area contributed by atoms with Gasteiger partial charge < -0.3 is 9.32 Å². The van der Waals surface area contributed by atoms with Crippen molar-refractivity contribution in [1.82, 2.24) is 0 Å². The smallest absolute Gasteiger partial charge is 0.136 e. The third-order valence-corrected chi connectivity index (χ3v) is 12.7. The van der Waals surface area contributed by atoms with Gasteiger partial charge in [0, 0.05) is 27.6 Å². The Kier molecular flexibility index (Phi) is 8.11. The van der Waals surface area contributed by atoms with Gasteiger partial charge in [0.25, 0.3) is 0 Å². The first kappa shape index (κ1) is 35.0. The Balaban J connectivity index is 1.16. The van der Waals surface area contributed by atoms with Crippen LogP contribution >= 0.6 is 0 Å². The molecule has 0 aliphatic heterocycles. The van der Waals surface area contributed by atoms with Crippen molar-refractivity contribution in [2.75, 3.05) is 4.90 Å². The molecule has 1 heterocycles. The molecule has 1 aliphatic rings. The molecule has 0 fully saturated rings. The Morgan fingerprint density at radius 1 is 0.344 bits per heavy atom. The van der Waals surface area contributed by atoms with Gasteiger partial charge in [-0.3, -0.25) is 0 Å². The standard InChI is InChI=1S/C59H39NO/c1-4-19-40(20-5-1)46-27-13-16-32-54(46)60(55-33-17-14-29-49(55)50-30-18-34-56-58(50)51-37-41-21-10-11-22-42(41)38-57(51)61-56)45-35-36-48-47-28-12-15-31-52(47)59(53(48)39-45,43-23-6-2-7-24-43)44-25-8-3-9-26-44/h1-39H. The van der Waals surface area contributed by atoms with Crippen molar-refractivity contribution >= 4 is 49.8 Å². The highest BCUT2D eigenvalue weighted by Gasteiger charge is 2.46. The number of hydrogen-bond acceptors (Lipinski definition) is 2. The summed E-state index contributed by atoms with van der Waals surface area (Å²) in [5, 5.41) is 4.59. The molecule has 0 N–H and O–H groups in total. The molecular weight excluding hydrogens is 739 g/mol. The highest BCUT2D eigenvalue weighted by molar-refractivity contribution is 6.16. The summed E-state index contributed by atoms with van der Waals surface area (Å²) in [6.07, 6.45) is 0. The summed E-state index contributed by atoms with van der Waals surface area (Å²) in [6, 6.07) is 86.1. The Morgan fingerprint density at radius 3 is 1.61 bits per heavy atom. The molecule has 0 bridgehead atoms. The average molecular weight is 778 g/mol. The fourth-order valence-corrected chi connectivity index (χ4v) is 10.1. The van der Waals surface area contributed by atoms with Gasteiger partial charge >= 0.3 is 0 Å². The second-order valence-electron chi connectivity index (χ2n) is 16.0. The van der Waals surface area contributed by atoms with Crippen molar-refractivity contribution in [2.45, 2.75) is 5.41 Å². The number of hydrogen-bond donors (Lipinski definition) is 0. The Hall–Kier alpha value is -7.94. The molecule has 61 heavy (non-hydrogen) atoms. The molecule has 0 amide bonds. The van der Waals surface area contributed by atoms with E-state index in [-0.39, 0.29) is 0 Å². The lowest BCUT2D eigenvalue weighted by Gasteiger charge is -2.35. The molecular formula is C59H39NO. The van der Waals surface area contributed by atoms with E-state index in [0.29, 0.717) is 0 Å². The summed E-state index contributed by atoms with van der Waals surface area (Å²) in [5.74, 6) is 0. The number of nitrogens with zero attached hydrogens (tertiary/aromatic N) is 1. The second-order valence-corrected chi connectivity index (χ2v) is 16.0.